The zero-order chi connectivity index (χ0) is 17.7. The highest BCUT2D eigenvalue weighted by Crippen LogP contribution is 2.23. The van der Waals surface area contributed by atoms with E-state index in [2.05, 4.69) is 20.8 Å². The Balaban J connectivity index is 1.80. The minimum absolute atomic E-state index is 0.249. The Hall–Kier alpha value is -1.31. The van der Waals surface area contributed by atoms with Crippen molar-refractivity contribution in [3.05, 3.63) is 28.2 Å². The summed E-state index contributed by atoms with van der Waals surface area (Å²) < 4.78 is 12.3. The first-order valence-corrected chi connectivity index (χ1v) is 8.89. The molecule has 0 spiro atoms. The van der Waals surface area contributed by atoms with Crippen molar-refractivity contribution in [3.8, 4) is 5.75 Å². The van der Waals surface area contributed by atoms with Gasteiger partial charge in [0, 0.05) is 42.8 Å². The van der Waals surface area contributed by atoms with E-state index in [0.29, 0.717) is 26.4 Å². The number of hydrogen-bond acceptors (Lipinski definition) is 5. The molecule has 0 aliphatic carbocycles. The topological polar surface area (TPSA) is 68.0 Å². The van der Waals surface area contributed by atoms with Gasteiger partial charge in [0.05, 0.1) is 0 Å². The lowest BCUT2D eigenvalue weighted by Crippen LogP contribution is -2.50. The first kappa shape index (κ1) is 19.0. The summed E-state index contributed by atoms with van der Waals surface area (Å²) >= 11 is 3.43. The monoisotopic (exact) mass is 399 g/mol. The summed E-state index contributed by atoms with van der Waals surface area (Å²) in [7, 11) is 0. The Kier molecular flexibility index (Phi) is 6.48. The molecule has 0 aromatic heterocycles. The van der Waals surface area contributed by atoms with E-state index in [1.807, 2.05) is 39.0 Å². The number of nitrogens with zero attached hydrogens (tertiary/aromatic N) is 2. The molecule has 2 rings (SSSR count). The fourth-order valence-electron chi connectivity index (χ4n) is 2.40. The molecule has 0 atom stereocenters. The normalized spacial score (nSPS) is 16.1. The van der Waals surface area contributed by atoms with Gasteiger partial charge in [0.15, 0.2) is 0 Å². The van der Waals surface area contributed by atoms with Crippen LogP contribution < -0.4 is 10.5 Å². The van der Waals surface area contributed by atoms with Crippen LogP contribution in [0.3, 0.4) is 0 Å². The Morgan fingerprint density at radius 1 is 1.25 bits per heavy atom. The summed E-state index contributed by atoms with van der Waals surface area (Å²) in [4.78, 5) is 16.0. The van der Waals surface area contributed by atoms with Gasteiger partial charge in [-0.3, -0.25) is 4.90 Å². The number of ether oxygens (including phenoxy) is 2. The average Bonchev–Trinajstić information content (AvgIpc) is 2.52. The molecule has 1 aromatic rings. The number of benzene rings is 1. The van der Waals surface area contributed by atoms with Gasteiger partial charge in [-0.05, 0) is 39.0 Å². The van der Waals surface area contributed by atoms with Crippen molar-refractivity contribution in [1.29, 1.82) is 0 Å². The molecular weight excluding hydrogens is 374 g/mol. The summed E-state index contributed by atoms with van der Waals surface area (Å²) in [6, 6.07) is 5.83. The van der Waals surface area contributed by atoms with E-state index in [-0.39, 0.29) is 6.09 Å². The van der Waals surface area contributed by atoms with Gasteiger partial charge in [-0.2, -0.15) is 0 Å². The van der Waals surface area contributed by atoms with E-state index >= 15 is 0 Å². The quantitative estimate of drug-likeness (QED) is 0.842. The predicted octanol–water partition coefficient (Wildman–Crippen LogP) is 2.80. The van der Waals surface area contributed by atoms with Gasteiger partial charge in [0.2, 0.25) is 0 Å². The molecule has 0 saturated carbocycles. The Morgan fingerprint density at radius 2 is 1.92 bits per heavy atom. The number of hydrogen-bond donors (Lipinski definition) is 1. The third kappa shape index (κ3) is 5.65. The van der Waals surface area contributed by atoms with Crippen LogP contribution in [0, 0.1) is 0 Å². The summed E-state index contributed by atoms with van der Waals surface area (Å²) in [6.45, 7) is 9.34. The van der Waals surface area contributed by atoms with Crippen molar-refractivity contribution in [2.45, 2.75) is 32.9 Å². The summed E-state index contributed by atoms with van der Waals surface area (Å²) in [5.41, 5.74) is 6.27. The standard InChI is InChI=1S/C17H26BrN3O3/c1-17(2,3)24-16(22)21-8-6-20(7-9-21)12-23-15-5-4-14(18)10-13(15)11-19/h4-5,10H,6-9,11-12,19H2,1-3H3. The largest absolute Gasteiger partial charge is 0.478 e. The van der Waals surface area contributed by atoms with Gasteiger partial charge in [-0.15, -0.1) is 0 Å². The van der Waals surface area contributed by atoms with E-state index in [4.69, 9.17) is 15.2 Å². The fraction of sp³-hybridized carbons (Fsp3) is 0.588. The van der Waals surface area contributed by atoms with Gasteiger partial charge >= 0.3 is 6.09 Å². The zero-order valence-corrected chi connectivity index (χ0v) is 16.1. The highest BCUT2D eigenvalue weighted by Gasteiger charge is 2.25. The fourth-order valence-corrected chi connectivity index (χ4v) is 2.80. The third-order valence-corrected chi connectivity index (χ3v) is 4.16. The lowest BCUT2D eigenvalue weighted by atomic mass is 10.2. The first-order valence-electron chi connectivity index (χ1n) is 8.10. The molecule has 24 heavy (non-hydrogen) atoms. The summed E-state index contributed by atoms with van der Waals surface area (Å²) in [6.07, 6.45) is -0.249. The van der Waals surface area contributed by atoms with E-state index in [9.17, 15) is 4.79 Å². The molecule has 1 amide bonds. The van der Waals surface area contributed by atoms with Crippen LogP contribution in [-0.4, -0.2) is 54.4 Å². The SMILES string of the molecule is CC(C)(C)OC(=O)N1CCN(COc2ccc(Br)cc2CN)CC1. The average molecular weight is 400 g/mol. The molecule has 1 aliphatic rings. The number of rotatable bonds is 4. The van der Waals surface area contributed by atoms with E-state index in [0.717, 1.165) is 28.9 Å². The van der Waals surface area contributed by atoms with Crippen LogP contribution >= 0.6 is 15.9 Å². The smallest absolute Gasteiger partial charge is 0.410 e. The maximum atomic E-state index is 12.1. The number of piperazine rings is 1. The molecule has 1 heterocycles. The summed E-state index contributed by atoms with van der Waals surface area (Å²) in [5, 5.41) is 0. The van der Waals surface area contributed by atoms with Crippen molar-refractivity contribution in [2.75, 3.05) is 32.9 Å². The number of carbonyl (C=O) groups is 1. The molecule has 1 aliphatic heterocycles. The Bertz CT molecular complexity index is 567. The molecule has 6 nitrogen and oxygen atoms in total. The number of amides is 1. The molecule has 1 aromatic carbocycles. The van der Waals surface area contributed by atoms with Gasteiger partial charge in [-0.25, -0.2) is 4.79 Å². The maximum absolute atomic E-state index is 12.1. The second kappa shape index (κ2) is 8.18. The molecule has 2 N–H and O–H groups in total. The summed E-state index contributed by atoms with van der Waals surface area (Å²) in [5.74, 6) is 0.801. The van der Waals surface area contributed by atoms with Crippen LogP contribution in [0.15, 0.2) is 22.7 Å². The molecule has 1 fully saturated rings. The number of halogens is 1. The van der Waals surface area contributed by atoms with Crippen LogP contribution in [0.25, 0.3) is 0 Å². The van der Waals surface area contributed by atoms with Crippen molar-refractivity contribution in [3.63, 3.8) is 0 Å². The minimum Gasteiger partial charge on any atom is -0.478 e. The lowest BCUT2D eigenvalue weighted by molar-refractivity contribution is 0.00675. The van der Waals surface area contributed by atoms with Gasteiger partial charge in [-0.1, -0.05) is 15.9 Å². The van der Waals surface area contributed by atoms with Crippen molar-refractivity contribution >= 4 is 22.0 Å². The van der Waals surface area contributed by atoms with E-state index in [1.165, 1.54) is 0 Å². The molecule has 7 heteroatoms. The van der Waals surface area contributed by atoms with Crippen LogP contribution in [0.4, 0.5) is 4.79 Å². The number of carbonyl (C=O) groups excluding carboxylic acids is 1. The van der Waals surface area contributed by atoms with Crippen molar-refractivity contribution in [2.24, 2.45) is 5.73 Å². The van der Waals surface area contributed by atoms with Gasteiger partial charge < -0.3 is 20.1 Å². The zero-order valence-electron chi connectivity index (χ0n) is 14.5. The van der Waals surface area contributed by atoms with Crippen LogP contribution in [0.1, 0.15) is 26.3 Å². The van der Waals surface area contributed by atoms with Gasteiger partial charge in [0.25, 0.3) is 0 Å². The molecule has 1 saturated heterocycles. The second-order valence-electron chi connectivity index (χ2n) is 6.82. The van der Waals surface area contributed by atoms with Gasteiger partial charge in [0.1, 0.15) is 18.1 Å². The van der Waals surface area contributed by atoms with Crippen LogP contribution in [-0.2, 0) is 11.3 Å². The van der Waals surface area contributed by atoms with Crippen LogP contribution in [0.5, 0.6) is 5.75 Å². The van der Waals surface area contributed by atoms with Crippen molar-refractivity contribution < 1.29 is 14.3 Å². The molecule has 0 radical (unpaired) electrons. The minimum atomic E-state index is -0.461. The highest BCUT2D eigenvalue weighted by atomic mass is 79.9. The Labute approximate surface area is 152 Å². The predicted molar refractivity (Wildman–Crippen MR) is 96.9 cm³/mol. The third-order valence-electron chi connectivity index (χ3n) is 3.67. The Morgan fingerprint density at radius 3 is 2.50 bits per heavy atom. The molecular formula is C17H26BrN3O3. The maximum Gasteiger partial charge on any atom is 0.410 e. The number of nitrogens with two attached hydrogens (primary N) is 1. The highest BCUT2D eigenvalue weighted by molar-refractivity contribution is 9.10. The lowest BCUT2D eigenvalue weighted by Gasteiger charge is -2.35. The second-order valence-corrected chi connectivity index (χ2v) is 7.73. The molecule has 0 bridgehead atoms. The van der Waals surface area contributed by atoms with E-state index in [1.54, 1.807) is 4.90 Å². The first-order chi connectivity index (χ1) is 11.3. The van der Waals surface area contributed by atoms with Crippen LogP contribution in [0.2, 0.25) is 0 Å². The van der Waals surface area contributed by atoms with E-state index < -0.39 is 5.60 Å². The van der Waals surface area contributed by atoms with Crippen molar-refractivity contribution in [1.82, 2.24) is 9.80 Å². The molecule has 134 valence electrons. The molecule has 0 unspecified atom stereocenters.